The molecule has 2 aliphatic heterocycles. The first-order valence-corrected chi connectivity index (χ1v) is 4.70. The van der Waals surface area contributed by atoms with Crippen molar-refractivity contribution in [2.24, 2.45) is 4.99 Å². The highest BCUT2D eigenvalue weighted by Gasteiger charge is 2.36. The first-order chi connectivity index (χ1) is 7.97. The Balaban J connectivity index is 2.23. The van der Waals surface area contributed by atoms with Crippen molar-refractivity contribution < 1.29 is 18.0 Å². The van der Waals surface area contributed by atoms with Crippen LogP contribution in [0.4, 0.5) is 13.2 Å². The molecule has 0 spiro atoms. The van der Waals surface area contributed by atoms with E-state index in [4.69, 9.17) is 0 Å². The van der Waals surface area contributed by atoms with Crippen LogP contribution < -0.4 is 0 Å². The van der Waals surface area contributed by atoms with Crippen molar-refractivity contribution >= 4 is 11.6 Å². The second-order valence-corrected chi connectivity index (χ2v) is 3.32. The molecule has 88 valence electrons. The number of halogens is 3. The van der Waals surface area contributed by atoms with Crippen LogP contribution in [0, 0.1) is 0 Å². The third-order valence-electron chi connectivity index (χ3n) is 2.08. The first kappa shape index (κ1) is 11.4. The molecule has 0 N–H and O–H groups in total. The van der Waals surface area contributed by atoms with E-state index < -0.39 is 12.0 Å². The van der Waals surface area contributed by atoms with E-state index in [1.165, 1.54) is 12.3 Å². The minimum absolute atomic E-state index is 0.0153. The van der Waals surface area contributed by atoms with Crippen LogP contribution in [0.25, 0.3) is 0 Å². The minimum atomic E-state index is -4.86. The Morgan fingerprint density at radius 1 is 1.24 bits per heavy atom. The fraction of sp³-hybridized carbons (Fsp3) is 0.0909. The zero-order valence-electron chi connectivity index (χ0n) is 8.48. The van der Waals surface area contributed by atoms with Crippen LogP contribution >= 0.6 is 0 Å². The molecule has 0 aromatic carbocycles. The third-order valence-corrected chi connectivity index (χ3v) is 2.08. The van der Waals surface area contributed by atoms with E-state index in [0.29, 0.717) is 11.9 Å². The first-order valence-electron chi connectivity index (χ1n) is 4.70. The van der Waals surface area contributed by atoms with Gasteiger partial charge >= 0.3 is 6.18 Å². The second kappa shape index (κ2) is 4.04. The number of carbonyl (C=O) groups excluding carboxylic acids is 1. The maximum Gasteiger partial charge on any atom is 0.454 e. The number of amidine groups is 1. The molecule has 0 radical (unpaired) electrons. The molecule has 0 aromatic rings. The van der Waals surface area contributed by atoms with Crippen molar-refractivity contribution in [3.05, 3.63) is 48.5 Å². The highest BCUT2D eigenvalue weighted by atomic mass is 19.4. The number of nitrogens with zero attached hydrogens (tertiary/aromatic N) is 2. The van der Waals surface area contributed by atoms with Gasteiger partial charge in [0.05, 0.1) is 5.70 Å². The largest absolute Gasteiger partial charge is 0.454 e. The van der Waals surface area contributed by atoms with Crippen molar-refractivity contribution in [3.8, 4) is 0 Å². The molecular formula is C11H7F3N2O. The lowest BCUT2D eigenvalue weighted by molar-refractivity contribution is -0.165. The van der Waals surface area contributed by atoms with Gasteiger partial charge in [-0.3, -0.25) is 4.79 Å². The zero-order valence-corrected chi connectivity index (χ0v) is 8.48. The van der Waals surface area contributed by atoms with E-state index in [1.54, 1.807) is 29.3 Å². The molecule has 0 bridgehead atoms. The number of ketones is 1. The van der Waals surface area contributed by atoms with E-state index in [0.717, 1.165) is 0 Å². The molecule has 3 nitrogen and oxygen atoms in total. The van der Waals surface area contributed by atoms with Crippen LogP contribution in [0.5, 0.6) is 0 Å². The molecule has 0 unspecified atom stereocenters. The van der Waals surface area contributed by atoms with Crippen LogP contribution in [-0.2, 0) is 4.79 Å². The summed E-state index contributed by atoms with van der Waals surface area (Å²) in [6, 6.07) is 0. The number of hydrogen-bond acceptors (Lipinski definition) is 3. The SMILES string of the molecule is O=C(/C=C1/C=CN2C=CC=CC2=N1)C(F)(F)F. The highest BCUT2D eigenvalue weighted by Crippen LogP contribution is 2.20. The average Bonchev–Trinajstić information content (AvgIpc) is 2.27. The Morgan fingerprint density at radius 3 is 2.71 bits per heavy atom. The summed E-state index contributed by atoms with van der Waals surface area (Å²) in [5, 5.41) is 0. The molecule has 2 rings (SSSR count). The van der Waals surface area contributed by atoms with Gasteiger partial charge in [0.25, 0.3) is 5.78 Å². The number of rotatable bonds is 1. The predicted octanol–water partition coefficient (Wildman–Crippen LogP) is 2.31. The predicted molar refractivity (Wildman–Crippen MR) is 55.8 cm³/mol. The summed E-state index contributed by atoms with van der Waals surface area (Å²) in [6.45, 7) is 0. The summed E-state index contributed by atoms with van der Waals surface area (Å²) in [4.78, 5) is 16.3. The monoisotopic (exact) mass is 240 g/mol. The van der Waals surface area contributed by atoms with E-state index in [2.05, 4.69) is 4.99 Å². The maximum atomic E-state index is 12.0. The molecule has 6 heteroatoms. The van der Waals surface area contributed by atoms with Crippen molar-refractivity contribution in [1.29, 1.82) is 0 Å². The van der Waals surface area contributed by atoms with E-state index >= 15 is 0 Å². The van der Waals surface area contributed by atoms with Crippen molar-refractivity contribution in [3.63, 3.8) is 0 Å². The Bertz CT molecular complexity index is 495. The molecule has 2 aliphatic rings. The fourth-order valence-electron chi connectivity index (χ4n) is 1.29. The summed E-state index contributed by atoms with van der Waals surface area (Å²) >= 11 is 0. The van der Waals surface area contributed by atoms with E-state index in [9.17, 15) is 18.0 Å². The van der Waals surface area contributed by atoms with Gasteiger partial charge in [0.1, 0.15) is 5.84 Å². The molecule has 0 saturated heterocycles. The van der Waals surface area contributed by atoms with Gasteiger partial charge in [-0.2, -0.15) is 13.2 Å². The quantitative estimate of drug-likeness (QED) is 0.659. The number of alkyl halides is 3. The van der Waals surface area contributed by atoms with Gasteiger partial charge in [-0.15, -0.1) is 0 Å². The molecule has 2 heterocycles. The van der Waals surface area contributed by atoms with Crippen molar-refractivity contribution in [1.82, 2.24) is 4.90 Å². The highest BCUT2D eigenvalue weighted by molar-refractivity contribution is 5.99. The maximum absolute atomic E-state index is 12.0. The molecule has 0 fully saturated rings. The third kappa shape index (κ3) is 2.52. The van der Waals surface area contributed by atoms with Gasteiger partial charge in [-0.05, 0) is 18.2 Å². The number of hydrogen-bond donors (Lipinski definition) is 0. The summed E-state index contributed by atoms with van der Waals surface area (Å²) in [5.41, 5.74) is -0.0153. The Hall–Kier alpha value is -2.11. The van der Waals surface area contributed by atoms with Crippen LogP contribution in [0.1, 0.15) is 0 Å². The van der Waals surface area contributed by atoms with Crippen LogP contribution in [0.15, 0.2) is 53.5 Å². The van der Waals surface area contributed by atoms with Gasteiger partial charge in [-0.1, -0.05) is 6.08 Å². The standard InChI is InChI=1S/C11H7F3N2O/c12-11(13,14)9(17)7-8-4-6-16-5-2-1-3-10(16)15-8/h1-7H/b8-7-. The molecule has 0 saturated carbocycles. The second-order valence-electron chi connectivity index (χ2n) is 3.32. The molecule has 0 amide bonds. The van der Waals surface area contributed by atoms with Crippen LogP contribution in [-0.4, -0.2) is 22.7 Å². The summed E-state index contributed by atoms with van der Waals surface area (Å²) in [6.07, 6.45) is 5.31. The average molecular weight is 240 g/mol. The molecular weight excluding hydrogens is 233 g/mol. The number of aliphatic imine (C=N–C) groups is 1. The lowest BCUT2D eigenvalue weighted by Crippen LogP contribution is -2.23. The van der Waals surface area contributed by atoms with Crippen molar-refractivity contribution in [2.75, 3.05) is 0 Å². The topological polar surface area (TPSA) is 32.7 Å². The van der Waals surface area contributed by atoms with E-state index in [-0.39, 0.29) is 5.70 Å². The smallest absolute Gasteiger partial charge is 0.309 e. The lowest BCUT2D eigenvalue weighted by Gasteiger charge is -2.21. The number of allylic oxidation sites excluding steroid dienone is 4. The molecule has 0 atom stereocenters. The van der Waals surface area contributed by atoms with Gasteiger partial charge in [0.15, 0.2) is 0 Å². The van der Waals surface area contributed by atoms with Crippen LogP contribution in [0.2, 0.25) is 0 Å². The summed E-state index contributed by atoms with van der Waals surface area (Å²) in [5.74, 6) is -1.44. The van der Waals surface area contributed by atoms with Gasteiger partial charge in [-0.25, -0.2) is 4.99 Å². The van der Waals surface area contributed by atoms with Gasteiger partial charge < -0.3 is 4.90 Å². The lowest BCUT2D eigenvalue weighted by atomic mass is 10.2. The van der Waals surface area contributed by atoms with Crippen LogP contribution in [0.3, 0.4) is 0 Å². The van der Waals surface area contributed by atoms with Crippen molar-refractivity contribution in [2.45, 2.75) is 6.18 Å². The Morgan fingerprint density at radius 2 is 2.00 bits per heavy atom. The number of carbonyl (C=O) groups is 1. The Kier molecular flexibility index (Phi) is 2.71. The fourth-order valence-corrected chi connectivity index (χ4v) is 1.29. The molecule has 17 heavy (non-hydrogen) atoms. The zero-order chi connectivity index (χ0) is 12.5. The van der Waals surface area contributed by atoms with Gasteiger partial charge in [0.2, 0.25) is 0 Å². The molecule has 0 aliphatic carbocycles. The van der Waals surface area contributed by atoms with Gasteiger partial charge in [0, 0.05) is 18.5 Å². The number of fused-ring (bicyclic) bond motifs is 1. The van der Waals surface area contributed by atoms with E-state index in [1.807, 2.05) is 0 Å². The summed E-state index contributed by atoms with van der Waals surface area (Å²) in [7, 11) is 0. The normalized spacial score (nSPS) is 20.5. The minimum Gasteiger partial charge on any atom is -0.309 e. The molecule has 0 aromatic heterocycles. The Labute approximate surface area is 94.9 Å². The summed E-state index contributed by atoms with van der Waals surface area (Å²) < 4.78 is 36.1.